The molecule has 0 bridgehead atoms. The number of carbonyl (C=O) groups is 3. The van der Waals surface area contributed by atoms with Gasteiger partial charge in [0, 0.05) is 11.3 Å². The first-order valence-corrected chi connectivity index (χ1v) is 10.4. The third-order valence-electron chi connectivity index (χ3n) is 4.76. The minimum Gasteiger partial charge on any atom is -0.504 e. The molecule has 0 spiro atoms. The number of aromatic hydroxyl groups is 2. The average molecular weight is 446 g/mol. The highest BCUT2D eigenvalue weighted by Gasteiger charge is 2.35. The Morgan fingerprint density at radius 2 is 1.66 bits per heavy atom. The fourth-order valence-electron chi connectivity index (χ4n) is 3.09. The van der Waals surface area contributed by atoms with Gasteiger partial charge in [0.25, 0.3) is 17.1 Å². The van der Waals surface area contributed by atoms with Crippen LogP contribution < -0.4 is 5.32 Å². The predicted molar refractivity (Wildman–Crippen MR) is 122 cm³/mol. The molecule has 7 nitrogen and oxygen atoms in total. The molecule has 8 heteroatoms. The van der Waals surface area contributed by atoms with Crippen LogP contribution in [0.15, 0.2) is 77.7 Å². The number of phenolic OH excluding ortho intramolecular Hbond substituents is 2. The fourth-order valence-corrected chi connectivity index (χ4v) is 3.93. The lowest BCUT2D eigenvalue weighted by atomic mass is 10.1. The molecular formula is C24H18N2O5S. The SMILES string of the molecule is O=C(Nc1ccccc1)c1ccc(CN2C(=O)SC(=Cc3ccc(O)c(O)c3)C2=O)cc1. The monoisotopic (exact) mass is 446 g/mol. The van der Waals surface area contributed by atoms with Crippen LogP contribution in [0.2, 0.25) is 0 Å². The van der Waals surface area contributed by atoms with Crippen molar-refractivity contribution < 1.29 is 24.6 Å². The van der Waals surface area contributed by atoms with Crippen LogP contribution in [0, 0.1) is 0 Å². The fraction of sp³-hybridized carbons (Fsp3) is 0.0417. The number of amides is 3. The van der Waals surface area contributed by atoms with Gasteiger partial charge in [0.1, 0.15) is 0 Å². The molecule has 3 aromatic carbocycles. The smallest absolute Gasteiger partial charge is 0.293 e. The molecule has 1 heterocycles. The van der Waals surface area contributed by atoms with E-state index >= 15 is 0 Å². The van der Waals surface area contributed by atoms with Crippen LogP contribution in [0.1, 0.15) is 21.5 Å². The van der Waals surface area contributed by atoms with Crippen LogP contribution >= 0.6 is 11.8 Å². The number of hydrogen-bond acceptors (Lipinski definition) is 6. The first-order valence-electron chi connectivity index (χ1n) is 9.63. The summed E-state index contributed by atoms with van der Waals surface area (Å²) in [7, 11) is 0. The van der Waals surface area contributed by atoms with Gasteiger partial charge in [0.15, 0.2) is 11.5 Å². The second-order valence-electron chi connectivity index (χ2n) is 7.03. The van der Waals surface area contributed by atoms with E-state index in [1.54, 1.807) is 36.4 Å². The Bertz CT molecular complexity index is 1220. The van der Waals surface area contributed by atoms with E-state index in [9.17, 15) is 24.6 Å². The summed E-state index contributed by atoms with van der Waals surface area (Å²) in [5.74, 6) is -1.28. The summed E-state index contributed by atoms with van der Waals surface area (Å²) in [4.78, 5) is 38.8. The number of phenols is 2. The van der Waals surface area contributed by atoms with E-state index in [2.05, 4.69) is 5.32 Å². The van der Waals surface area contributed by atoms with E-state index in [1.807, 2.05) is 18.2 Å². The van der Waals surface area contributed by atoms with Gasteiger partial charge in [-0.25, -0.2) is 0 Å². The topological polar surface area (TPSA) is 107 Å². The largest absolute Gasteiger partial charge is 0.504 e. The van der Waals surface area contributed by atoms with Gasteiger partial charge in [-0.2, -0.15) is 0 Å². The molecule has 3 aromatic rings. The summed E-state index contributed by atoms with van der Waals surface area (Å²) in [6, 6.07) is 19.9. The second kappa shape index (κ2) is 8.99. The molecule has 0 aromatic heterocycles. The highest BCUT2D eigenvalue weighted by atomic mass is 32.2. The molecule has 1 aliphatic rings. The number of nitrogens with zero attached hydrogens (tertiary/aromatic N) is 1. The zero-order chi connectivity index (χ0) is 22.7. The van der Waals surface area contributed by atoms with Gasteiger partial charge < -0.3 is 15.5 Å². The van der Waals surface area contributed by atoms with Gasteiger partial charge in [-0.1, -0.05) is 36.4 Å². The van der Waals surface area contributed by atoms with Gasteiger partial charge >= 0.3 is 0 Å². The Hall–Kier alpha value is -4.04. The number of hydrogen-bond donors (Lipinski definition) is 3. The highest BCUT2D eigenvalue weighted by molar-refractivity contribution is 8.18. The number of imide groups is 1. The molecule has 32 heavy (non-hydrogen) atoms. The number of para-hydroxylation sites is 1. The van der Waals surface area contributed by atoms with Crippen molar-refractivity contribution in [3.05, 3.63) is 94.4 Å². The minimum absolute atomic E-state index is 0.0728. The van der Waals surface area contributed by atoms with E-state index < -0.39 is 11.1 Å². The number of carbonyl (C=O) groups excluding carboxylic acids is 3. The van der Waals surface area contributed by atoms with Gasteiger partial charge in [-0.3, -0.25) is 19.3 Å². The van der Waals surface area contributed by atoms with E-state index in [4.69, 9.17) is 0 Å². The standard InChI is InChI=1S/C24H18N2O5S/c27-19-11-8-16(12-20(19)28)13-21-23(30)26(24(31)32-21)14-15-6-9-17(10-7-15)22(29)25-18-4-2-1-3-5-18/h1-13,27-28H,14H2,(H,25,29). The lowest BCUT2D eigenvalue weighted by molar-refractivity contribution is -0.123. The minimum atomic E-state index is -0.446. The van der Waals surface area contributed by atoms with Gasteiger partial charge in [-0.15, -0.1) is 0 Å². The third kappa shape index (κ3) is 4.65. The van der Waals surface area contributed by atoms with Crippen molar-refractivity contribution in [3.8, 4) is 11.5 Å². The Balaban J connectivity index is 1.44. The molecule has 0 saturated carbocycles. The molecule has 0 unspecified atom stereocenters. The molecule has 0 radical (unpaired) electrons. The summed E-state index contributed by atoms with van der Waals surface area (Å²) < 4.78 is 0. The summed E-state index contributed by atoms with van der Waals surface area (Å²) in [6.07, 6.45) is 1.49. The maximum absolute atomic E-state index is 12.7. The van der Waals surface area contributed by atoms with Crippen LogP contribution in [-0.4, -0.2) is 32.2 Å². The van der Waals surface area contributed by atoms with Gasteiger partial charge in [-0.05, 0) is 65.4 Å². The summed E-state index contributed by atoms with van der Waals surface area (Å²) in [5, 5.41) is 21.4. The van der Waals surface area contributed by atoms with Crippen LogP contribution in [-0.2, 0) is 11.3 Å². The molecule has 1 saturated heterocycles. The Morgan fingerprint density at radius 1 is 0.938 bits per heavy atom. The number of benzene rings is 3. The van der Waals surface area contributed by atoms with E-state index in [1.165, 1.54) is 24.3 Å². The van der Waals surface area contributed by atoms with Crippen molar-refractivity contribution in [2.45, 2.75) is 6.54 Å². The second-order valence-corrected chi connectivity index (χ2v) is 8.03. The van der Waals surface area contributed by atoms with E-state index in [0.29, 0.717) is 22.4 Å². The summed E-state index contributed by atoms with van der Waals surface area (Å²) in [5.41, 5.74) is 2.33. The van der Waals surface area contributed by atoms with Crippen molar-refractivity contribution in [1.29, 1.82) is 0 Å². The van der Waals surface area contributed by atoms with Crippen LogP contribution in [0.5, 0.6) is 11.5 Å². The number of nitrogens with one attached hydrogen (secondary N) is 1. The van der Waals surface area contributed by atoms with Crippen molar-refractivity contribution in [3.63, 3.8) is 0 Å². The summed E-state index contributed by atoms with van der Waals surface area (Å²) in [6.45, 7) is 0.0728. The number of thioether (sulfide) groups is 1. The maximum atomic E-state index is 12.7. The zero-order valence-electron chi connectivity index (χ0n) is 16.7. The van der Waals surface area contributed by atoms with Crippen molar-refractivity contribution in [2.24, 2.45) is 0 Å². The van der Waals surface area contributed by atoms with Crippen molar-refractivity contribution >= 4 is 40.6 Å². The first kappa shape index (κ1) is 21.2. The highest BCUT2D eigenvalue weighted by Crippen LogP contribution is 2.34. The molecule has 3 N–H and O–H groups in total. The molecule has 3 amide bonds. The molecule has 0 atom stereocenters. The average Bonchev–Trinajstić information content (AvgIpc) is 3.05. The number of rotatable bonds is 5. The lowest BCUT2D eigenvalue weighted by Crippen LogP contribution is -2.27. The van der Waals surface area contributed by atoms with Crippen LogP contribution in [0.4, 0.5) is 10.5 Å². The zero-order valence-corrected chi connectivity index (χ0v) is 17.5. The van der Waals surface area contributed by atoms with Gasteiger partial charge in [0.05, 0.1) is 11.4 Å². The van der Waals surface area contributed by atoms with Crippen LogP contribution in [0.25, 0.3) is 6.08 Å². The molecule has 0 aliphatic carbocycles. The quantitative estimate of drug-likeness (QED) is 0.391. The van der Waals surface area contributed by atoms with Crippen LogP contribution in [0.3, 0.4) is 0 Å². The molecule has 1 aliphatic heterocycles. The first-order chi connectivity index (χ1) is 15.4. The molecule has 1 fully saturated rings. The van der Waals surface area contributed by atoms with Crippen molar-refractivity contribution in [1.82, 2.24) is 4.90 Å². The maximum Gasteiger partial charge on any atom is 0.293 e. The third-order valence-corrected chi connectivity index (χ3v) is 5.67. The van der Waals surface area contributed by atoms with Gasteiger partial charge in [0.2, 0.25) is 0 Å². The molecule has 4 rings (SSSR count). The lowest BCUT2D eigenvalue weighted by Gasteiger charge is -2.13. The molecular weight excluding hydrogens is 428 g/mol. The molecule has 160 valence electrons. The van der Waals surface area contributed by atoms with Crippen molar-refractivity contribution in [2.75, 3.05) is 5.32 Å². The Morgan fingerprint density at radius 3 is 2.34 bits per heavy atom. The Labute approximate surface area is 188 Å². The predicted octanol–water partition coefficient (Wildman–Crippen LogP) is 4.59. The summed E-state index contributed by atoms with van der Waals surface area (Å²) >= 11 is 0.806. The number of anilines is 1. The van der Waals surface area contributed by atoms with E-state index in [0.717, 1.165) is 16.7 Å². The Kier molecular flexibility index (Phi) is 5.96. The van der Waals surface area contributed by atoms with E-state index in [-0.39, 0.29) is 28.9 Å². The normalized spacial score (nSPS) is 14.8.